The minimum atomic E-state index is -0.412. The van der Waals surface area contributed by atoms with Crippen LogP contribution in [0.1, 0.15) is 24.4 Å². The van der Waals surface area contributed by atoms with Gasteiger partial charge in [0.05, 0.1) is 11.8 Å². The number of carbonyl (C=O) groups is 1. The number of nitrogens with one attached hydrogen (secondary N) is 1. The Bertz CT molecular complexity index is 674. The van der Waals surface area contributed by atoms with E-state index in [2.05, 4.69) is 10.3 Å². The summed E-state index contributed by atoms with van der Waals surface area (Å²) in [6.45, 7) is 2.63. The Hall–Kier alpha value is -1.69. The maximum Gasteiger partial charge on any atom is 0.272 e. The van der Waals surface area contributed by atoms with Gasteiger partial charge in [-0.2, -0.15) is 0 Å². The molecule has 0 aliphatic carbocycles. The fourth-order valence-corrected chi connectivity index (χ4v) is 3.22. The van der Waals surface area contributed by atoms with Gasteiger partial charge in [-0.3, -0.25) is 14.2 Å². The summed E-state index contributed by atoms with van der Waals surface area (Å²) in [7, 11) is 0. The van der Waals surface area contributed by atoms with Crippen molar-refractivity contribution in [3.63, 3.8) is 0 Å². The van der Waals surface area contributed by atoms with E-state index < -0.39 is 6.04 Å². The number of rotatable bonds is 1. The predicted molar refractivity (Wildman–Crippen MR) is 69.9 cm³/mol. The summed E-state index contributed by atoms with van der Waals surface area (Å²) < 4.78 is 2.10. The molecule has 0 bridgehead atoms. The monoisotopic (exact) mass is 263 g/mol. The summed E-state index contributed by atoms with van der Waals surface area (Å²) in [5.74, 6) is -0.0854. The molecule has 1 aliphatic rings. The number of aryl methyl sites for hydroxylation is 1. The van der Waals surface area contributed by atoms with Crippen molar-refractivity contribution < 1.29 is 4.79 Å². The van der Waals surface area contributed by atoms with Crippen LogP contribution >= 0.6 is 11.3 Å². The lowest BCUT2D eigenvalue weighted by atomic mass is 10.1. The average Bonchev–Trinajstić information content (AvgIpc) is 2.74. The van der Waals surface area contributed by atoms with Crippen molar-refractivity contribution in [1.29, 1.82) is 0 Å². The van der Waals surface area contributed by atoms with Gasteiger partial charge in [0.2, 0.25) is 5.91 Å². The molecule has 3 rings (SSSR count). The minimum Gasteiger partial charge on any atom is -0.354 e. The van der Waals surface area contributed by atoms with E-state index >= 15 is 0 Å². The zero-order valence-corrected chi connectivity index (χ0v) is 10.8. The summed E-state index contributed by atoms with van der Waals surface area (Å²) in [6, 6.07) is -0.412. The van der Waals surface area contributed by atoms with Crippen molar-refractivity contribution in [1.82, 2.24) is 14.9 Å². The third kappa shape index (κ3) is 1.64. The van der Waals surface area contributed by atoms with Gasteiger partial charge in [-0.1, -0.05) is 0 Å². The average molecular weight is 263 g/mol. The number of aromatic nitrogens is 2. The molecule has 94 valence electrons. The number of nitrogens with zero attached hydrogens (tertiary/aromatic N) is 2. The third-order valence-electron chi connectivity index (χ3n) is 3.27. The largest absolute Gasteiger partial charge is 0.354 e. The molecule has 5 nitrogen and oxygen atoms in total. The van der Waals surface area contributed by atoms with Crippen LogP contribution in [0, 0.1) is 6.92 Å². The van der Waals surface area contributed by atoms with Gasteiger partial charge < -0.3 is 5.32 Å². The first-order chi connectivity index (χ1) is 8.68. The number of hydrogen-bond acceptors (Lipinski definition) is 4. The maximum absolute atomic E-state index is 12.3. The molecule has 1 saturated heterocycles. The molecule has 0 spiro atoms. The quantitative estimate of drug-likeness (QED) is 0.841. The van der Waals surface area contributed by atoms with E-state index in [4.69, 9.17) is 0 Å². The highest BCUT2D eigenvalue weighted by molar-refractivity contribution is 7.17. The molecular weight excluding hydrogens is 250 g/mol. The van der Waals surface area contributed by atoms with Crippen LogP contribution in [0.4, 0.5) is 0 Å². The molecule has 1 fully saturated rings. The Kier molecular flexibility index (Phi) is 2.66. The van der Waals surface area contributed by atoms with Crippen LogP contribution in [-0.4, -0.2) is 22.0 Å². The summed E-state index contributed by atoms with van der Waals surface area (Å²) in [6.07, 6.45) is 3.09. The standard InChI is InChI=1S/C12H13N3O2S/c1-7-5-18-10-9(7)14-6-15(12(10)17)8-3-2-4-13-11(8)16/h5-6,8H,2-4H2,1H3,(H,13,16)/t8-/m0/s1. The zero-order chi connectivity index (χ0) is 12.7. The first-order valence-corrected chi connectivity index (χ1v) is 6.79. The van der Waals surface area contributed by atoms with Crippen LogP contribution < -0.4 is 10.9 Å². The van der Waals surface area contributed by atoms with E-state index in [1.807, 2.05) is 12.3 Å². The van der Waals surface area contributed by atoms with Gasteiger partial charge in [0.25, 0.3) is 5.56 Å². The van der Waals surface area contributed by atoms with Crippen LogP contribution in [0.2, 0.25) is 0 Å². The predicted octanol–water partition coefficient (Wildman–Crippen LogP) is 1.22. The second-order valence-electron chi connectivity index (χ2n) is 4.50. The lowest BCUT2D eigenvalue weighted by molar-refractivity contribution is -0.125. The summed E-state index contributed by atoms with van der Waals surface area (Å²) in [5.41, 5.74) is 1.64. The first-order valence-electron chi connectivity index (χ1n) is 5.91. The lowest BCUT2D eigenvalue weighted by Gasteiger charge is -2.23. The fraction of sp³-hybridized carbons (Fsp3) is 0.417. The van der Waals surface area contributed by atoms with Gasteiger partial charge in [0, 0.05) is 6.54 Å². The van der Waals surface area contributed by atoms with Crippen molar-refractivity contribution >= 4 is 27.5 Å². The zero-order valence-electron chi connectivity index (χ0n) is 9.97. The van der Waals surface area contributed by atoms with E-state index in [0.29, 0.717) is 17.7 Å². The Morgan fingerprint density at radius 1 is 1.50 bits per heavy atom. The highest BCUT2D eigenvalue weighted by atomic mass is 32.1. The van der Waals surface area contributed by atoms with Gasteiger partial charge in [-0.15, -0.1) is 11.3 Å². The minimum absolute atomic E-state index is 0.0854. The van der Waals surface area contributed by atoms with E-state index in [1.165, 1.54) is 22.2 Å². The van der Waals surface area contributed by atoms with Crippen molar-refractivity contribution in [3.05, 3.63) is 27.6 Å². The summed E-state index contributed by atoms with van der Waals surface area (Å²) >= 11 is 1.39. The number of fused-ring (bicyclic) bond motifs is 1. The highest BCUT2D eigenvalue weighted by Crippen LogP contribution is 2.22. The number of piperidine rings is 1. The molecule has 1 aliphatic heterocycles. The van der Waals surface area contributed by atoms with E-state index in [0.717, 1.165) is 17.5 Å². The van der Waals surface area contributed by atoms with Gasteiger partial charge in [0.15, 0.2) is 0 Å². The lowest BCUT2D eigenvalue weighted by Crippen LogP contribution is -2.41. The van der Waals surface area contributed by atoms with E-state index in [9.17, 15) is 9.59 Å². The van der Waals surface area contributed by atoms with E-state index in [1.54, 1.807) is 0 Å². The van der Waals surface area contributed by atoms with Crippen LogP contribution in [-0.2, 0) is 4.79 Å². The van der Waals surface area contributed by atoms with Crippen molar-refractivity contribution in [2.75, 3.05) is 6.54 Å². The molecule has 0 aromatic carbocycles. The Balaban J connectivity index is 2.15. The normalized spacial score (nSPS) is 20.1. The molecule has 0 radical (unpaired) electrons. The van der Waals surface area contributed by atoms with Gasteiger partial charge >= 0.3 is 0 Å². The molecule has 1 N–H and O–H groups in total. The van der Waals surface area contributed by atoms with Gasteiger partial charge in [0.1, 0.15) is 10.7 Å². The highest BCUT2D eigenvalue weighted by Gasteiger charge is 2.25. The number of amides is 1. The van der Waals surface area contributed by atoms with Gasteiger partial charge in [-0.25, -0.2) is 4.98 Å². The second-order valence-corrected chi connectivity index (χ2v) is 5.38. The van der Waals surface area contributed by atoms with Crippen LogP contribution in [0.25, 0.3) is 10.2 Å². The molecule has 2 aromatic rings. The molecule has 2 aromatic heterocycles. The first kappa shape index (κ1) is 11.4. The molecule has 18 heavy (non-hydrogen) atoms. The molecule has 6 heteroatoms. The maximum atomic E-state index is 12.3. The summed E-state index contributed by atoms with van der Waals surface area (Å²) in [4.78, 5) is 28.4. The number of carbonyl (C=O) groups excluding carboxylic acids is 1. The molecule has 0 saturated carbocycles. The molecular formula is C12H13N3O2S. The molecule has 1 atom stereocenters. The third-order valence-corrected chi connectivity index (χ3v) is 4.35. The topological polar surface area (TPSA) is 64.0 Å². The molecule has 0 unspecified atom stereocenters. The smallest absolute Gasteiger partial charge is 0.272 e. The second kappa shape index (κ2) is 4.20. The number of hydrogen-bond donors (Lipinski definition) is 1. The van der Waals surface area contributed by atoms with Crippen LogP contribution in [0.15, 0.2) is 16.5 Å². The molecule has 1 amide bonds. The number of thiophene rings is 1. The molecule has 3 heterocycles. The van der Waals surface area contributed by atoms with Crippen molar-refractivity contribution in [2.24, 2.45) is 0 Å². The Morgan fingerprint density at radius 3 is 3.11 bits per heavy atom. The van der Waals surface area contributed by atoms with E-state index in [-0.39, 0.29) is 11.5 Å². The van der Waals surface area contributed by atoms with Gasteiger partial charge in [-0.05, 0) is 30.7 Å². The Labute approximate surface area is 107 Å². The SMILES string of the molecule is Cc1csc2c(=O)n([C@H]3CCCNC3=O)cnc12. The Morgan fingerprint density at radius 2 is 2.33 bits per heavy atom. The van der Waals surface area contributed by atoms with Crippen LogP contribution in [0.5, 0.6) is 0 Å². The summed E-state index contributed by atoms with van der Waals surface area (Å²) in [5, 5.41) is 4.71. The fourth-order valence-electron chi connectivity index (χ4n) is 2.28. The van der Waals surface area contributed by atoms with Crippen molar-refractivity contribution in [2.45, 2.75) is 25.8 Å². The van der Waals surface area contributed by atoms with Crippen LogP contribution in [0.3, 0.4) is 0 Å². The van der Waals surface area contributed by atoms with Crippen molar-refractivity contribution in [3.8, 4) is 0 Å².